The maximum Gasteiger partial charge on any atom is 0.239 e. The molecule has 4 N–H and O–H groups in total. The topological polar surface area (TPSA) is 85.7 Å². The van der Waals surface area contributed by atoms with E-state index in [9.17, 15) is 10.2 Å². The molecule has 0 aliphatic carbocycles. The van der Waals surface area contributed by atoms with Gasteiger partial charge in [-0.05, 0) is 12.3 Å². The minimum atomic E-state index is -0.473. The first-order valence-corrected chi connectivity index (χ1v) is 6.05. The molecule has 0 radical (unpaired) electrons. The average molecular weight is 243 g/mol. The molecule has 0 aromatic carbocycles. The van der Waals surface area contributed by atoms with Crippen LogP contribution in [0.15, 0.2) is 0 Å². The molecule has 1 aromatic heterocycles. The van der Waals surface area contributed by atoms with Crippen LogP contribution in [0.3, 0.4) is 0 Å². The van der Waals surface area contributed by atoms with E-state index in [4.69, 9.17) is 9.84 Å². The first-order valence-electron chi connectivity index (χ1n) is 6.05. The van der Waals surface area contributed by atoms with Crippen molar-refractivity contribution in [2.45, 2.75) is 39.5 Å². The number of ether oxygens (including phenoxy) is 1. The summed E-state index contributed by atoms with van der Waals surface area (Å²) in [5.74, 6) is -0.930. The molecule has 0 bridgehead atoms. The third-order valence-corrected chi connectivity index (χ3v) is 2.90. The molecule has 1 heterocycles. The SMILES string of the molecule is CCCCC(CC)COc1c(O)[nH]c(O)c1O. The normalized spacial score (nSPS) is 12.6. The van der Waals surface area contributed by atoms with Crippen molar-refractivity contribution in [3.63, 3.8) is 0 Å². The molecule has 1 rings (SSSR count). The summed E-state index contributed by atoms with van der Waals surface area (Å²) in [5.41, 5.74) is 0. The fraction of sp³-hybridized carbons (Fsp3) is 0.667. The van der Waals surface area contributed by atoms with E-state index in [0.29, 0.717) is 12.5 Å². The summed E-state index contributed by atoms with van der Waals surface area (Å²) in [7, 11) is 0. The quantitative estimate of drug-likeness (QED) is 0.593. The minimum absolute atomic E-state index is 0.0718. The molecule has 1 unspecified atom stereocenters. The number of hydrogen-bond acceptors (Lipinski definition) is 4. The predicted octanol–water partition coefficient (Wildman–Crippen LogP) is 2.73. The van der Waals surface area contributed by atoms with Gasteiger partial charge < -0.3 is 20.1 Å². The van der Waals surface area contributed by atoms with Gasteiger partial charge in [0.15, 0.2) is 0 Å². The van der Waals surface area contributed by atoms with Gasteiger partial charge in [0.05, 0.1) is 6.61 Å². The Morgan fingerprint density at radius 1 is 1.18 bits per heavy atom. The van der Waals surface area contributed by atoms with Crippen LogP contribution >= 0.6 is 0 Å². The van der Waals surface area contributed by atoms with E-state index in [-0.39, 0.29) is 11.6 Å². The van der Waals surface area contributed by atoms with E-state index in [1.165, 1.54) is 0 Å². The number of rotatable bonds is 7. The molecular formula is C12H21NO4. The lowest BCUT2D eigenvalue weighted by atomic mass is 10.0. The van der Waals surface area contributed by atoms with Gasteiger partial charge in [-0.1, -0.05) is 33.1 Å². The van der Waals surface area contributed by atoms with Crippen molar-refractivity contribution in [3.05, 3.63) is 0 Å². The zero-order valence-electron chi connectivity index (χ0n) is 10.4. The molecule has 5 nitrogen and oxygen atoms in total. The van der Waals surface area contributed by atoms with Gasteiger partial charge in [0.25, 0.3) is 0 Å². The Labute approximate surface area is 101 Å². The third kappa shape index (κ3) is 3.47. The van der Waals surface area contributed by atoms with Crippen LogP contribution in [-0.2, 0) is 0 Å². The Hall–Kier alpha value is -1.52. The summed E-state index contributed by atoms with van der Waals surface area (Å²) in [6.45, 7) is 4.64. The molecular weight excluding hydrogens is 222 g/mol. The number of nitrogens with one attached hydrogen (secondary N) is 1. The summed E-state index contributed by atoms with van der Waals surface area (Å²) < 4.78 is 5.35. The lowest BCUT2D eigenvalue weighted by Crippen LogP contribution is -2.11. The van der Waals surface area contributed by atoms with E-state index in [1.54, 1.807) is 0 Å². The van der Waals surface area contributed by atoms with E-state index in [2.05, 4.69) is 18.8 Å². The fourth-order valence-corrected chi connectivity index (χ4v) is 1.68. The van der Waals surface area contributed by atoms with Crippen LogP contribution in [0.25, 0.3) is 0 Å². The minimum Gasteiger partial charge on any atom is -0.500 e. The van der Waals surface area contributed by atoms with Crippen LogP contribution < -0.4 is 4.74 Å². The number of H-pyrrole nitrogens is 1. The highest BCUT2D eigenvalue weighted by atomic mass is 16.5. The van der Waals surface area contributed by atoms with E-state index in [0.717, 1.165) is 25.7 Å². The second-order valence-corrected chi connectivity index (χ2v) is 4.23. The molecule has 0 amide bonds. The first kappa shape index (κ1) is 13.5. The second-order valence-electron chi connectivity index (χ2n) is 4.23. The van der Waals surface area contributed by atoms with Gasteiger partial charge in [-0.2, -0.15) is 0 Å². The van der Waals surface area contributed by atoms with Gasteiger partial charge in [0.2, 0.25) is 23.3 Å². The molecule has 0 saturated heterocycles. The summed E-state index contributed by atoms with van der Waals surface area (Å²) in [4.78, 5) is 2.20. The van der Waals surface area contributed by atoms with Crippen LogP contribution in [-0.4, -0.2) is 26.9 Å². The zero-order valence-corrected chi connectivity index (χ0v) is 10.4. The zero-order chi connectivity index (χ0) is 12.8. The Morgan fingerprint density at radius 3 is 2.35 bits per heavy atom. The van der Waals surface area contributed by atoms with Crippen molar-refractivity contribution in [3.8, 4) is 23.3 Å². The van der Waals surface area contributed by atoms with Gasteiger partial charge in [-0.3, -0.25) is 4.98 Å². The van der Waals surface area contributed by atoms with Crippen molar-refractivity contribution < 1.29 is 20.1 Å². The van der Waals surface area contributed by atoms with E-state index < -0.39 is 11.6 Å². The number of aromatic amines is 1. The molecule has 0 aliphatic heterocycles. The second kappa shape index (κ2) is 6.27. The van der Waals surface area contributed by atoms with Crippen molar-refractivity contribution in [2.75, 3.05) is 6.61 Å². The lowest BCUT2D eigenvalue weighted by molar-refractivity contribution is 0.218. The maximum atomic E-state index is 9.41. The Morgan fingerprint density at radius 2 is 1.88 bits per heavy atom. The van der Waals surface area contributed by atoms with Gasteiger partial charge in [0.1, 0.15) is 0 Å². The third-order valence-electron chi connectivity index (χ3n) is 2.90. The molecule has 0 saturated carbocycles. The van der Waals surface area contributed by atoms with Crippen molar-refractivity contribution in [2.24, 2.45) is 5.92 Å². The molecule has 98 valence electrons. The van der Waals surface area contributed by atoms with Crippen molar-refractivity contribution in [1.82, 2.24) is 4.98 Å². The van der Waals surface area contributed by atoms with Crippen LogP contribution in [0.4, 0.5) is 0 Å². The number of aromatic nitrogens is 1. The van der Waals surface area contributed by atoms with E-state index in [1.807, 2.05) is 0 Å². The predicted molar refractivity (Wildman–Crippen MR) is 64.6 cm³/mol. The van der Waals surface area contributed by atoms with E-state index >= 15 is 0 Å². The summed E-state index contributed by atoms with van der Waals surface area (Å²) in [6, 6.07) is 0. The Kier molecular flexibility index (Phi) is 5.00. The number of hydrogen-bond donors (Lipinski definition) is 4. The number of unbranched alkanes of at least 4 members (excludes halogenated alkanes) is 1. The maximum absolute atomic E-state index is 9.41. The monoisotopic (exact) mass is 243 g/mol. The highest BCUT2D eigenvalue weighted by molar-refractivity contribution is 5.53. The molecule has 0 spiro atoms. The Bertz CT molecular complexity index is 349. The lowest BCUT2D eigenvalue weighted by Gasteiger charge is -2.14. The molecule has 17 heavy (non-hydrogen) atoms. The Balaban J connectivity index is 2.53. The van der Waals surface area contributed by atoms with Gasteiger partial charge in [-0.25, -0.2) is 0 Å². The van der Waals surface area contributed by atoms with Gasteiger partial charge in [0, 0.05) is 0 Å². The molecule has 1 aromatic rings. The highest BCUT2D eigenvalue weighted by Crippen LogP contribution is 2.42. The fourth-order valence-electron chi connectivity index (χ4n) is 1.68. The van der Waals surface area contributed by atoms with Crippen LogP contribution in [0.2, 0.25) is 0 Å². The first-order chi connectivity index (χ1) is 8.10. The van der Waals surface area contributed by atoms with Crippen LogP contribution in [0.5, 0.6) is 23.3 Å². The van der Waals surface area contributed by atoms with Crippen molar-refractivity contribution >= 4 is 0 Å². The standard InChI is InChI=1S/C12H21NO4/c1-3-5-6-8(4-2)7-17-10-9(14)11(15)13-12(10)16/h8,13-16H,3-7H2,1-2H3. The van der Waals surface area contributed by atoms with Gasteiger partial charge in [-0.15, -0.1) is 0 Å². The smallest absolute Gasteiger partial charge is 0.239 e. The van der Waals surface area contributed by atoms with Crippen molar-refractivity contribution in [1.29, 1.82) is 0 Å². The van der Waals surface area contributed by atoms with Gasteiger partial charge >= 0.3 is 0 Å². The average Bonchev–Trinajstić information content (AvgIpc) is 2.55. The summed E-state index contributed by atoms with van der Waals surface area (Å²) in [6.07, 6.45) is 4.32. The molecule has 1 atom stereocenters. The van der Waals surface area contributed by atoms with Crippen LogP contribution in [0.1, 0.15) is 39.5 Å². The number of aromatic hydroxyl groups is 3. The molecule has 0 aliphatic rings. The summed E-state index contributed by atoms with van der Waals surface area (Å²) >= 11 is 0. The molecule has 5 heteroatoms. The van der Waals surface area contributed by atoms with Crippen LogP contribution in [0, 0.1) is 5.92 Å². The largest absolute Gasteiger partial charge is 0.500 e. The highest BCUT2D eigenvalue weighted by Gasteiger charge is 2.18. The summed E-state index contributed by atoms with van der Waals surface area (Å²) in [5, 5.41) is 27.9. The molecule has 0 fully saturated rings.